The fourth-order valence-corrected chi connectivity index (χ4v) is 2.55. The first-order valence-electron chi connectivity index (χ1n) is 7.37. The summed E-state index contributed by atoms with van der Waals surface area (Å²) in [6, 6.07) is 0. The Morgan fingerprint density at radius 2 is 1.36 bits per heavy atom. The van der Waals surface area contributed by atoms with E-state index in [-0.39, 0.29) is 12.0 Å². The Morgan fingerprint density at radius 3 is 1.72 bits per heavy atom. The predicted octanol–water partition coefficient (Wildman–Crippen LogP) is -3.84. The lowest BCUT2D eigenvalue weighted by Crippen LogP contribution is -2.56. The summed E-state index contributed by atoms with van der Waals surface area (Å²) in [6.45, 7) is 0. The largest absolute Gasteiger partial charge is 0.479 e. The van der Waals surface area contributed by atoms with Gasteiger partial charge in [0.2, 0.25) is 0 Å². The van der Waals surface area contributed by atoms with Crippen molar-refractivity contribution in [2.45, 2.75) is 61.5 Å². The van der Waals surface area contributed by atoms with Gasteiger partial charge < -0.3 is 46.0 Å². The zero-order chi connectivity index (χ0) is 19.5. The molecule has 0 amide bonds. The SMILES string of the molecule is O=C(O)C1=C[C@@H](O)[C@@H](O)[C@H](O)C1.O=C(O)[C@@]1(O)CC(O)[C@H](O)[C@H](O)C1. The summed E-state index contributed by atoms with van der Waals surface area (Å²) in [5.74, 6) is -2.68. The van der Waals surface area contributed by atoms with E-state index in [1.807, 2.05) is 0 Å². The van der Waals surface area contributed by atoms with Crippen LogP contribution in [0.5, 0.6) is 0 Å². The summed E-state index contributed by atoms with van der Waals surface area (Å²) in [7, 11) is 0. The van der Waals surface area contributed by atoms with E-state index in [2.05, 4.69) is 0 Å². The van der Waals surface area contributed by atoms with Gasteiger partial charge in [-0.3, -0.25) is 0 Å². The maximum absolute atomic E-state index is 10.5. The van der Waals surface area contributed by atoms with Crippen molar-refractivity contribution >= 4 is 11.9 Å². The molecular formula is C14H22O11. The zero-order valence-electron chi connectivity index (χ0n) is 13.0. The predicted molar refractivity (Wildman–Crippen MR) is 78.2 cm³/mol. The highest BCUT2D eigenvalue weighted by molar-refractivity contribution is 5.87. The fraction of sp³-hybridized carbons (Fsp3) is 0.714. The number of carboxylic acids is 2. The molecule has 25 heavy (non-hydrogen) atoms. The fourth-order valence-electron chi connectivity index (χ4n) is 2.55. The normalized spacial score (nSPS) is 41.2. The van der Waals surface area contributed by atoms with Crippen LogP contribution in [0.15, 0.2) is 11.6 Å². The lowest BCUT2D eigenvalue weighted by Gasteiger charge is -2.37. The second-order valence-corrected chi connectivity index (χ2v) is 6.12. The number of carbonyl (C=O) groups is 2. The quantitative estimate of drug-likeness (QED) is 0.230. The molecule has 0 spiro atoms. The topological polar surface area (TPSA) is 216 Å². The first kappa shape index (κ1) is 21.4. The number of hydrogen-bond donors (Lipinski definition) is 9. The lowest BCUT2D eigenvalue weighted by molar-refractivity contribution is -0.187. The molecule has 1 saturated carbocycles. The van der Waals surface area contributed by atoms with Crippen molar-refractivity contribution in [3.05, 3.63) is 11.6 Å². The summed E-state index contributed by atoms with van der Waals surface area (Å²) in [6.07, 6.45) is -8.02. The molecule has 0 bridgehead atoms. The standard InChI is InChI=1S/C7H12O6.C7H10O5/c8-3-1-7(13,6(11)12)2-4(9)5(3)10;8-4-1-3(7(11)12)2-5(9)6(4)10/h3-5,8-10,13H,1-2H2,(H,11,12);1,4-6,8-10H,2H2,(H,11,12)/t3-,4?,5-,7+;4-,5-,6-/m11/s1. The molecular weight excluding hydrogens is 344 g/mol. The number of aliphatic hydroxyl groups is 7. The van der Waals surface area contributed by atoms with Crippen LogP contribution in [-0.4, -0.2) is 100 Å². The minimum Gasteiger partial charge on any atom is -0.479 e. The zero-order valence-corrected chi connectivity index (χ0v) is 13.0. The lowest BCUT2D eigenvalue weighted by atomic mass is 9.80. The molecule has 11 nitrogen and oxygen atoms in total. The molecule has 2 rings (SSSR count). The molecule has 9 N–H and O–H groups in total. The minimum absolute atomic E-state index is 0.0692. The Morgan fingerprint density at radius 1 is 0.880 bits per heavy atom. The van der Waals surface area contributed by atoms with Gasteiger partial charge in [0.15, 0.2) is 5.60 Å². The Kier molecular flexibility index (Phi) is 7.02. The van der Waals surface area contributed by atoms with Crippen LogP contribution in [0.1, 0.15) is 19.3 Å². The molecule has 0 radical (unpaired) electrons. The number of hydrogen-bond acceptors (Lipinski definition) is 9. The average Bonchev–Trinajstić information content (AvgIpc) is 2.50. The second-order valence-electron chi connectivity index (χ2n) is 6.12. The summed E-state index contributed by atoms with van der Waals surface area (Å²) in [4.78, 5) is 20.9. The number of aliphatic hydroxyl groups excluding tert-OH is 6. The highest BCUT2D eigenvalue weighted by atomic mass is 16.4. The number of rotatable bonds is 2. The molecule has 11 heteroatoms. The van der Waals surface area contributed by atoms with E-state index in [0.717, 1.165) is 6.08 Å². The van der Waals surface area contributed by atoms with Crippen molar-refractivity contribution in [2.75, 3.05) is 0 Å². The van der Waals surface area contributed by atoms with Crippen LogP contribution in [0.4, 0.5) is 0 Å². The molecule has 7 atom stereocenters. The Hall–Kier alpha value is -1.60. The van der Waals surface area contributed by atoms with E-state index < -0.39 is 67.0 Å². The van der Waals surface area contributed by atoms with Gasteiger partial charge in [0, 0.05) is 24.8 Å². The van der Waals surface area contributed by atoms with Crippen LogP contribution >= 0.6 is 0 Å². The Bertz CT molecular complexity index is 519. The van der Waals surface area contributed by atoms with Crippen molar-refractivity contribution in [2.24, 2.45) is 0 Å². The molecule has 0 heterocycles. The molecule has 0 aromatic carbocycles. The molecule has 0 aliphatic heterocycles. The van der Waals surface area contributed by atoms with E-state index >= 15 is 0 Å². The molecule has 0 aromatic heterocycles. The van der Waals surface area contributed by atoms with E-state index in [1.54, 1.807) is 0 Å². The smallest absolute Gasteiger partial charge is 0.335 e. The molecule has 2 aliphatic carbocycles. The van der Waals surface area contributed by atoms with Crippen LogP contribution in [0.2, 0.25) is 0 Å². The molecule has 144 valence electrons. The first-order chi connectivity index (χ1) is 11.4. The van der Waals surface area contributed by atoms with Gasteiger partial charge in [0.1, 0.15) is 18.3 Å². The molecule has 1 fully saturated rings. The van der Waals surface area contributed by atoms with Gasteiger partial charge in [0.25, 0.3) is 0 Å². The van der Waals surface area contributed by atoms with Crippen LogP contribution < -0.4 is 0 Å². The summed E-state index contributed by atoms with van der Waals surface area (Å²) >= 11 is 0. The molecule has 1 unspecified atom stereocenters. The van der Waals surface area contributed by atoms with Crippen molar-refractivity contribution in [1.29, 1.82) is 0 Å². The van der Waals surface area contributed by atoms with Gasteiger partial charge in [-0.25, -0.2) is 9.59 Å². The molecule has 2 aliphatic rings. The van der Waals surface area contributed by atoms with E-state index in [0.29, 0.717) is 0 Å². The van der Waals surface area contributed by atoms with Crippen LogP contribution in [0.25, 0.3) is 0 Å². The maximum Gasteiger partial charge on any atom is 0.335 e. The Balaban J connectivity index is 0.000000251. The van der Waals surface area contributed by atoms with E-state index in [1.165, 1.54) is 0 Å². The second kappa shape index (κ2) is 8.19. The van der Waals surface area contributed by atoms with Crippen molar-refractivity contribution < 1.29 is 55.5 Å². The summed E-state index contributed by atoms with van der Waals surface area (Å²) < 4.78 is 0. The summed E-state index contributed by atoms with van der Waals surface area (Å²) in [5, 5.41) is 80.8. The third-order valence-electron chi connectivity index (χ3n) is 4.10. The van der Waals surface area contributed by atoms with Gasteiger partial charge in [-0.05, 0) is 6.08 Å². The van der Waals surface area contributed by atoms with Crippen molar-refractivity contribution in [3.63, 3.8) is 0 Å². The van der Waals surface area contributed by atoms with Gasteiger partial charge >= 0.3 is 11.9 Å². The van der Waals surface area contributed by atoms with Crippen molar-refractivity contribution in [3.8, 4) is 0 Å². The van der Waals surface area contributed by atoms with Crippen molar-refractivity contribution in [1.82, 2.24) is 0 Å². The number of carboxylic acid groups (broad SMARTS) is 2. The summed E-state index contributed by atoms with van der Waals surface area (Å²) in [5.41, 5.74) is -2.21. The van der Waals surface area contributed by atoms with E-state index in [9.17, 15) is 14.7 Å². The minimum atomic E-state index is -2.14. The van der Waals surface area contributed by atoms with Crippen LogP contribution in [-0.2, 0) is 9.59 Å². The Labute approximate surface area is 141 Å². The van der Waals surface area contributed by atoms with Gasteiger partial charge in [0.05, 0.1) is 18.3 Å². The molecule has 0 saturated heterocycles. The molecule has 0 aromatic rings. The highest BCUT2D eigenvalue weighted by Crippen LogP contribution is 2.29. The van der Waals surface area contributed by atoms with Crippen LogP contribution in [0.3, 0.4) is 0 Å². The van der Waals surface area contributed by atoms with Crippen LogP contribution in [0, 0.1) is 0 Å². The van der Waals surface area contributed by atoms with Gasteiger partial charge in [-0.15, -0.1) is 0 Å². The maximum atomic E-state index is 10.5. The third kappa shape index (κ3) is 5.19. The monoisotopic (exact) mass is 366 g/mol. The first-order valence-corrected chi connectivity index (χ1v) is 7.37. The highest BCUT2D eigenvalue weighted by Gasteiger charge is 2.48. The van der Waals surface area contributed by atoms with Gasteiger partial charge in [-0.1, -0.05) is 0 Å². The van der Waals surface area contributed by atoms with E-state index in [4.69, 9.17) is 40.9 Å². The number of aliphatic carboxylic acids is 2. The van der Waals surface area contributed by atoms with Gasteiger partial charge in [-0.2, -0.15) is 0 Å². The average molecular weight is 366 g/mol. The third-order valence-corrected chi connectivity index (χ3v) is 4.10.